The van der Waals surface area contributed by atoms with E-state index in [-0.39, 0.29) is 12.1 Å². The average Bonchev–Trinajstić information content (AvgIpc) is 2.88. The summed E-state index contributed by atoms with van der Waals surface area (Å²) < 4.78 is 2.03. The number of nitrogens with zero attached hydrogens (tertiary/aromatic N) is 2. The molecule has 5 heteroatoms. The highest BCUT2D eigenvalue weighted by atomic mass is 35.5. The molecule has 0 aliphatic heterocycles. The minimum atomic E-state index is -0.141. The lowest BCUT2D eigenvalue weighted by atomic mass is 9.98. The van der Waals surface area contributed by atoms with E-state index in [1.807, 2.05) is 18.5 Å². The van der Waals surface area contributed by atoms with Crippen molar-refractivity contribution in [3.63, 3.8) is 0 Å². The molecule has 2 N–H and O–H groups in total. The van der Waals surface area contributed by atoms with Crippen LogP contribution in [0.3, 0.4) is 0 Å². The maximum atomic E-state index is 9.62. The number of aromatic nitrogens is 2. The van der Waals surface area contributed by atoms with E-state index in [0.717, 1.165) is 42.2 Å². The van der Waals surface area contributed by atoms with Gasteiger partial charge in [-0.15, -0.1) is 0 Å². The summed E-state index contributed by atoms with van der Waals surface area (Å²) in [5, 5.41) is 18.3. The number of aryl methyl sites for hydroxylation is 1. The van der Waals surface area contributed by atoms with Crippen molar-refractivity contribution in [3.05, 3.63) is 16.4 Å². The van der Waals surface area contributed by atoms with Crippen LogP contribution in [0, 0.1) is 13.8 Å². The van der Waals surface area contributed by atoms with Gasteiger partial charge in [0.05, 0.1) is 29.1 Å². The van der Waals surface area contributed by atoms with Crippen LogP contribution in [0.4, 0.5) is 0 Å². The summed E-state index contributed by atoms with van der Waals surface area (Å²) in [6.45, 7) is 7.08. The SMILES string of the molecule is CCNC1(CO)CCC(n2nc(C)c(Cl)c2C)C1. The lowest BCUT2D eigenvalue weighted by Gasteiger charge is -2.28. The number of hydrogen-bond donors (Lipinski definition) is 2. The van der Waals surface area contributed by atoms with Crippen molar-refractivity contribution in [2.75, 3.05) is 13.2 Å². The second kappa shape index (κ2) is 5.19. The summed E-state index contributed by atoms with van der Waals surface area (Å²) >= 11 is 6.19. The van der Waals surface area contributed by atoms with E-state index in [1.54, 1.807) is 0 Å². The standard InChI is InChI=1S/C13H22ClN3O/c1-4-15-13(8-18)6-5-11(7-13)17-10(3)12(14)9(2)16-17/h11,15,18H,4-8H2,1-3H3. The first-order chi connectivity index (χ1) is 8.53. The van der Waals surface area contributed by atoms with Crippen LogP contribution in [0.2, 0.25) is 5.02 Å². The predicted octanol–water partition coefficient (Wildman–Crippen LogP) is 2.22. The van der Waals surface area contributed by atoms with E-state index in [4.69, 9.17) is 11.6 Å². The second-order valence-electron chi connectivity index (χ2n) is 5.29. The van der Waals surface area contributed by atoms with Crippen molar-refractivity contribution >= 4 is 11.6 Å². The number of hydrogen-bond acceptors (Lipinski definition) is 3. The topological polar surface area (TPSA) is 50.1 Å². The summed E-state index contributed by atoms with van der Waals surface area (Å²) in [6, 6.07) is 0.336. The maximum Gasteiger partial charge on any atom is 0.0844 e. The highest BCUT2D eigenvalue weighted by Gasteiger charge is 2.39. The van der Waals surface area contributed by atoms with E-state index in [1.165, 1.54) is 0 Å². The van der Waals surface area contributed by atoms with Crippen LogP contribution >= 0.6 is 11.6 Å². The molecule has 0 radical (unpaired) electrons. The van der Waals surface area contributed by atoms with Crippen LogP contribution in [-0.2, 0) is 0 Å². The Bertz CT molecular complexity index is 432. The van der Waals surface area contributed by atoms with Gasteiger partial charge in [0.15, 0.2) is 0 Å². The third kappa shape index (κ3) is 2.29. The van der Waals surface area contributed by atoms with Crippen molar-refractivity contribution in [2.24, 2.45) is 0 Å². The number of likely N-dealkylation sites (N-methyl/N-ethyl adjacent to an activating group) is 1. The quantitative estimate of drug-likeness (QED) is 0.883. The lowest BCUT2D eigenvalue weighted by molar-refractivity contribution is 0.162. The van der Waals surface area contributed by atoms with Gasteiger partial charge in [-0.3, -0.25) is 4.68 Å². The Kier molecular flexibility index (Phi) is 3.99. The average molecular weight is 272 g/mol. The summed E-state index contributed by atoms with van der Waals surface area (Å²) in [6.07, 6.45) is 2.93. The van der Waals surface area contributed by atoms with Gasteiger partial charge in [-0.2, -0.15) is 5.10 Å². The number of aliphatic hydroxyl groups is 1. The zero-order chi connectivity index (χ0) is 13.3. The Hall–Kier alpha value is -0.580. The summed E-state index contributed by atoms with van der Waals surface area (Å²) in [4.78, 5) is 0. The molecule has 1 heterocycles. The molecule has 0 aromatic carbocycles. The Labute approximate surface area is 113 Å². The minimum absolute atomic E-state index is 0.141. The molecule has 1 aromatic rings. The summed E-state index contributed by atoms with van der Waals surface area (Å²) in [5.74, 6) is 0. The van der Waals surface area contributed by atoms with Gasteiger partial charge in [-0.25, -0.2) is 0 Å². The van der Waals surface area contributed by atoms with Crippen molar-refractivity contribution in [3.8, 4) is 0 Å². The van der Waals surface area contributed by atoms with Crippen LogP contribution in [0.5, 0.6) is 0 Å². The Balaban J connectivity index is 2.19. The monoisotopic (exact) mass is 271 g/mol. The van der Waals surface area contributed by atoms with Gasteiger partial charge in [0.25, 0.3) is 0 Å². The fourth-order valence-electron chi connectivity index (χ4n) is 3.04. The number of nitrogens with one attached hydrogen (secondary N) is 1. The molecule has 2 unspecified atom stereocenters. The first-order valence-electron chi connectivity index (χ1n) is 6.60. The van der Waals surface area contributed by atoms with Crippen LogP contribution < -0.4 is 5.32 Å². The van der Waals surface area contributed by atoms with Gasteiger partial charge < -0.3 is 10.4 Å². The molecule has 1 aliphatic carbocycles. The maximum absolute atomic E-state index is 9.62. The van der Waals surface area contributed by atoms with Crippen LogP contribution in [0.15, 0.2) is 0 Å². The van der Waals surface area contributed by atoms with E-state index >= 15 is 0 Å². The van der Waals surface area contributed by atoms with Crippen LogP contribution in [0.25, 0.3) is 0 Å². The lowest BCUT2D eigenvalue weighted by Crippen LogP contribution is -2.46. The molecule has 4 nitrogen and oxygen atoms in total. The fraction of sp³-hybridized carbons (Fsp3) is 0.769. The molecule has 1 aliphatic rings. The number of aliphatic hydroxyl groups excluding tert-OH is 1. The molecular weight excluding hydrogens is 250 g/mol. The third-order valence-corrected chi connectivity index (χ3v) is 4.57. The van der Waals surface area contributed by atoms with Crippen molar-refractivity contribution in [1.82, 2.24) is 15.1 Å². The molecule has 2 atom stereocenters. The van der Waals surface area contributed by atoms with Crippen LogP contribution in [0.1, 0.15) is 43.6 Å². The molecule has 0 amide bonds. The van der Waals surface area contributed by atoms with Crippen molar-refractivity contribution in [1.29, 1.82) is 0 Å². The summed E-state index contributed by atoms with van der Waals surface area (Å²) in [7, 11) is 0. The van der Waals surface area contributed by atoms with Gasteiger partial charge >= 0.3 is 0 Å². The van der Waals surface area contributed by atoms with Crippen molar-refractivity contribution in [2.45, 2.75) is 51.6 Å². The van der Waals surface area contributed by atoms with E-state index < -0.39 is 0 Å². The molecule has 0 bridgehead atoms. The first-order valence-corrected chi connectivity index (χ1v) is 6.98. The highest BCUT2D eigenvalue weighted by Crippen LogP contribution is 2.39. The molecule has 1 saturated carbocycles. The highest BCUT2D eigenvalue weighted by molar-refractivity contribution is 6.31. The van der Waals surface area contributed by atoms with Crippen LogP contribution in [-0.4, -0.2) is 33.6 Å². The van der Waals surface area contributed by atoms with Gasteiger partial charge in [0.1, 0.15) is 0 Å². The first kappa shape index (κ1) is 13.8. The summed E-state index contributed by atoms with van der Waals surface area (Å²) in [5.41, 5.74) is 1.78. The zero-order valence-electron chi connectivity index (χ0n) is 11.3. The molecule has 1 aromatic heterocycles. The Morgan fingerprint density at radius 3 is 2.78 bits per heavy atom. The van der Waals surface area contributed by atoms with E-state index in [2.05, 4.69) is 17.3 Å². The number of rotatable bonds is 4. The Morgan fingerprint density at radius 2 is 2.28 bits per heavy atom. The van der Waals surface area contributed by atoms with Gasteiger partial charge in [0, 0.05) is 5.54 Å². The predicted molar refractivity (Wildman–Crippen MR) is 73.1 cm³/mol. The van der Waals surface area contributed by atoms with Crippen molar-refractivity contribution < 1.29 is 5.11 Å². The molecule has 18 heavy (non-hydrogen) atoms. The van der Waals surface area contributed by atoms with Gasteiger partial charge in [0.2, 0.25) is 0 Å². The minimum Gasteiger partial charge on any atom is -0.394 e. The van der Waals surface area contributed by atoms with E-state index in [9.17, 15) is 5.11 Å². The zero-order valence-corrected chi connectivity index (χ0v) is 12.1. The second-order valence-corrected chi connectivity index (χ2v) is 5.67. The fourth-order valence-corrected chi connectivity index (χ4v) is 3.16. The van der Waals surface area contributed by atoms with E-state index in [0.29, 0.717) is 6.04 Å². The molecular formula is C13H22ClN3O. The molecule has 0 saturated heterocycles. The van der Waals surface area contributed by atoms with Gasteiger partial charge in [-0.1, -0.05) is 18.5 Å². The smallest absolute Gasteiger partial charge is 0.0844 e. The number of halogens is 1. The molecule has 2 rings (SSSR count). The molecule has 102 valence electrons. The Morgan fingerprint density at radius 1 is 1.56 bits per heavy atom. The molecule has 0 spiro atoms. The normalized spacial score (nSPS) is 27.9. The van der Waals surface area contributed by atoms with Gasteiger partial charge in [-0.05, 0) is 39.7 Å². The largest absolute Gasteiger partial charge is 0.394 e. The molecule has 1 fully saturated rings. The third-order valence-electron chi connectivity index (χ3n) is 4.02.